The van der Waals surface area contributed by atoms with E-state index in [9.17, 15) is 4.79 Å². The van der Waals surface area contributed by atoms with Gasteiger partial charge in [0.05, 0.1) is 12.5 Å². The van der Waals surface area contributed by atoms with E-state index in [0.717, 1.165) is 25.0 Å². The second-order valence-corrected chi connectivity index (χ2v) is 5.14. The topological polar surface area (TPSA) is 35.5 Å². The zero-order valence-corrected chi connectivity index (χ0v) is 10.7. The van der Waals surface area contributed by atoms with E-state index >= 15 is 0 Å². The molecule has 1 fully saturated rings. The summed E-state index contributed by atoms with van der Waals surface area (Å²) >= 11 is 0. The summed E-state index contributed by atoms with van der Waals surface area (Å²) in [5.41, 5.74) is 2.21. The molecule has 1 aliphatic heterocycles. The van der Waals surface area contributed by atoms with Crippen LogP contribution in [0.5, 0.6) is 5.75 Å². The summed E-state index contributed by atoms with van der Waals surface area (Å²) in [7, 11) is 1.68. The van der Waals surface area contributed by atoms with Crippen molar-refractivity contribution in [3.63, 3.8) is 0 Å². The van der Waals surface area contributed by atoms with Gasteiger partial charge in [-0.2, -0.15) is 0 Å². The van der Waals surface area contributed by atoms with Crippen molar-refractivity contribution < 1.29 is 14.3 Å². The lowest BCUT2D eigenvalue weighted by Crippen LogP contribution is -2.44. The molecule has 0 amide bonds. The molecule has 1 aromatic rings. The lowest BCUT2D eigenvalue weighted by atomic mass is 9.65. The maximum atomic E-state index is 12.4. The van der Waals surface area contributed by atoms with Gasteiger partial charge in [-0.15, -0.1) is 0 Å². The van der Waals surface area contributed by atoms with Gasteiger partial charge in [-0.05, 0) is 42.5 Å². The third-order valence-corrected chi connectivity index (χ3v) is 4.33. The molecule has 96 valence electrons. The van der Waals surface area contributed by atoms with Crippen LogP contribution in [-0.2, 0) is 21.4 Å². The van der Waals surface area contributed by atoms with Crippen LogP contribution in [0.15, 0.2) is 18.2 Å². The molecule has 0 bridgehead atoms. The number of ether oxygens (including phenoxy) is 2. The molecule has 1 aliphatic carbocycles. The van der Waals surface area contributed by atoms with E-state index in [0.29, 0.717) is 25.4 Å². The smallest absolute Gasteiger partial charge is 0.143 e. The van der Waals surface area contributed by atoms with Gasteiger partial charge in [0.2, 0.25) is 0 Å². The Morgan fingerprint density at radius 2 is 2.00 bits per heavy atom. The number of hydrogen-bond acceptors (Lipinski definition) is 3. The summed E-state index contributed by atoms with van der Waals surface area (Å²) in [6.07, 6.45) is 3.14. The van der Waals surface area contributed by atoms with Crippen molar-refractivity contribution in [1.29, 1.82) is 0 Å². The second-order valence-electron chi connectivity index (χ2n) is 5.14. The highest BCUT2D eigenvalue weighted by atomic mass is 16.5. The molecule has 0 atom stereocenters. The number of hydrogen-bond donors (Lipinski definition) is 0. The zero-order chi connectivity index (χ0) is 12.6. The molecule has 0 unspecified atom stereocenters. The van der Waals surface area contributed by atoms with E-state index in [1.54, 1.807) is 7.11 Å². The Morgan fingerprint density at radius 3 is 2.72 bits per heavy atom. The second kappa shape index (κ2) is 4.39. The largest absolute Gasteiger partial charge is 0.497 e. The van der Waals surface area contributed by atoms with Gasteiger partial charge >= 0.3 is 0 Å². The van der Waals surface area contributed by atoms with Crippen molar-refractivity contribution in [2.75, 3.05) is 20.3 Å². The highest BCUT2D eigenvalue weighted by molar-refractivity contribution is 5.92. The van der Waals surface area contributed by atoms with Crippen molar-refractivity contribution in [2.24, 2.45) is 0 Å². The van der Waals surface area contributed by atoms with Gasteiger partial charge < -0.3 is 9.47 Å². The predicted octanol–water partition coefficient (Wildman–Crippen LogP) is 2.26. The van der Waals surface area contributed by atoms with Gasteiger partial charge in [-0.3, -0.25) is 4.79 Å². The molecular weight excluding hydrogens is 228 g/mol. The number of methoxy groups -OCH3 is 1. The first-order valence-electron chi connectivity index (χ1n) is 6.55. The van der Waals surface area contributed by atoms with Crippen LogP contribution in [0.1, 0.15) is 30.4 Å². The molecule has 0 saturated carbocycles. The lowest BCUT2D eigenvalue weighted by Gasteiger charge is -2.40. The molecule has 3 heteroatoms. The Hall–Kier alpha value is -1.35. The normalized spacial score (nSPS) is 21.7. The molecule has 3 nitrogen and oxygen atoms in total. The summed E-state index contributed by atoms with van der Waals surface area (Å²) in [6.45, 7) is 1.38. The molecule has 2 aliphatic rings. The average Bonchev–Trinajstić information content (AvgIpc) is 2.44. The van der Waals surface area contributed by atoms with Crippen molar-refractivity contribution >= 4 is 5.78 Å². The molecule has 3 rings (SSSR count). The van der Waals surface area contributed by atoms with Crippen LogP contribution in [0.2, 0.25) is 0 Å². The monoisotopic (exact) mass is 246 g/mol. The third kappa shape index (κ3) is 1.65. The van der Waals surface area contributed by atoms with Gasteiger partial charge in [-0.25, -0.2) is 0 Å². The molecule has 0 aromatic heterocycles. The number of fused-ring (bicyclic) bond motifs is 2. The number of carbonyl (C=O) groups is 1. The summed E-state index contributed by atoms with van der Waals surface area (Å²) in [5, 5.41) is 0. The van der Waals surface area contributed by atoms with E-state index in [1.165, 1.54) is 11.1 Å². The number of ketones is 1. The predicted molar refractivity (Wildman–Crippen MR) is 68.1 cm³/mol. The fraction of sp³-hybridized carbons (Fsp3) is 0.533. The van der Waals surface area contributed by atoms with Gasteiger partial charge in [0.15, 0.2) is 0 Å². The SMILES string of the molecule is COc1ccc2c(c1)CCC(=O)C21CCOCC1. The standard InChI is InChI=1S/C15H18O3/c1-17-12-3-4-13-11(10-12)2-5-14(16)15(13)6-8-18-9-7-15/h3-4,10H,2,5-9H2,1H3. The Balaban J connectivity index is 2.08. The number of carbonyl (C=O) groups excluding carboxylic acids is 1. The quantitative estimate of drug-likeness (QED) is 0.762. The Bertz CT molecular complexity index is 473. The first-order valence-corrected chi connectivity index (χ1v) is 6.55. The number of Topliss-reactive ketones (excluding diaryl/α,β-unsaturated/α-hetero) is 1. The highest BCUT2D eigenvalue weighted by Crippen LogP contribution is 2.43. The van der Waals surface area contributed by atoms with Crippen molar-refractivity contribution in [1.82, 2.24) is 0 Å². The van der Waals surface area contributed by atoms with Crippen molar-refractivity contribution in [3.05, 3.63) is 29.3 Å². The van der Waals surface area contributed by atoms with Gasteiger partial charge in [0.1, 0.15) is 11.5 Å². The van der Waals surface area contributed by atoms with Crippen LogP contribution in [-0.4, -0.2) is 26.1 Å². The molecule has 1 heterocycles. The molecule has 0 N–H and O–H groups in total. The fourth-order valence-corrected chi connectivity index (χ4v) is 3.28. The van der Waals surface area contributed by atoms with Gasteiger partial charge in [-0.1, -0.05) is 6.07 Å². The number of rotatable bonds is 1. The van der Waals surface area contributed by atoms with Crippen LogP contribution >= 0.6 is 0 Å². The fourth-order valence-electron chi connectivity index (χ4n) is 3.28. The first-order chi connectivity index (χ1) is 8.76. The minimum absolute atomic E-state index is 0.280. The van der Waals surface area contributed by atoms with Crippen LogP contribution < -0.4 is 4.74 Å². The van der Waals surface area contributed by atoms with Crippen LogP contribution in [0.4, 0.5) is 0 Å². The van der Waals surface area contributed by atoms with E-state index in [1.807, 2.05) is 6.07 Å². The highest BCUT2D eigenvalue weighted by Gasteiger charge is 2.44. The van der Waals surface area contributed by atoms with Gasteiger partial charge in [0, 0.05) is 19.6 Å². The molecular formula is C15H18O3. The summed E-state index contributed by atoms with van der Waals surface area (Å²) in [6, 6.07) is 6.13. The van der Waals surface area contributed by atoms with Crippen molar-refractivity contribution in [3.8, 4) is 5.75 Å². The minimum atomic E-state index is -0.280. The maximum absolute atomic E-state index is 12.4. The number of benzene rings is 1. The number of aryl methyl sites for hydroxylation is 1. The molecule has 1 saturated heterocycles. The van der Waals surface area contributed by atoms with E-state index in [-0.39, 0.29) is 5.41 Å². The van der Waals surface area contributed by atoms with Gasteiger partial charge in [0.25, 0.3) is 0 Å². The molecule has 1 spiro atoms. The van der Waals surface area contributed by atoms with Crippen LogP contribution in [0.25, 0.3) is 0 Å². The van der Waals surface area contributed by atoms with E-state index in [4.69, 9.17) is 9.47 Å². The lowest BCUT2D eigenvalue weighted by molar-refractivity contribution is -0.129. The average molecular weight is 246 g/mol. The zero-order valence-electron chi connectivity index (χ0n) is 10.7. The first kappa shape index (κ1) is 11.7. The van der Waals surface area contributed by atoms with Crippen LogP contribution in [0.3, 0.4) is 0 Å². The molecule has 18 heavy (non-hydrogen) atoms. The Labute approximate surface area is 107 Å². The Kier molecular flexibility index (Phi) is 2.86. The van der Waals surface area contributed by atoms with Crippen LogP contribution in [0, 0.1) is 0 Å². The molecule has 0 radical (unpaired) electrons. The summed E-state index contributed by atoms with van der Waals surface area (Å²) in [4.78, 5) is 12.4. The van der Waals surface area contributed by atoms with E-state index in [2.05, 4.69) is 12.1 Å². The van der Waals surface area contributed by atoms with Crippen molar-refractivity contribution in [2.45, 2.75) is 31.1 Å². The minimum Gasteiger partial charge on any atom is -0.497 e. The molecule has 1 aromatic carbocycles. The Morgan fingerprint density at radius 1 is 1.22 bits per heavy atom. The summed E-state index contributed by atoms with van der Waals surface area (Å²) < 4.78 is 10.7. The maximum Gasteiger partial charge on any atom is 0.143 e. The van der Waals surface area contributed by atoms with E-state index < -0.39 is 0 Å². The summed E-state index contributed by atoms with van der Waals surface area (Å²) in [5.74, 6) is 1.27. The third-order valence-electron chi connectivity index (χ3n) is 4.33.